The number of para-hydroxylation sites is 1. The quantitative estimate of drug-likeness (QED) is 0.686. The zero-order chi connectivity index (χ0) is 13.2. The molecule has 1 heterocycles. The van der Waals surface area contributed by atoms with Crippen LogP contribution in [0.4, 0.5) is 11.4 Å². The van der Waals surface area contributed by atoms with Crippen LogP contribution >= 0.6 is 0 Å². The second kappa shape index (κ2) is 4.49. The molecule has 19 heavy (non-hydrogen) atoms. The van der Waals surface area contributed by atoms with E-state index in [-0.39, 0.29) is 0 Å². The van der Waals surface area contributed by atoms with Crippen LogP contribution in [0.1, 0.15) is 0 Å². The minimum Gasteiger partial charge on any atom is -0.455 e. The molecule has 0 aliphatic carbocycles. The lowest BCUT2D eigenvalue weighted by atomic mass is 10.2. The first-order chi connectivity index (χ1) is 9.24. The van der Waals surface area contributed by atoms with Gasteiger partial charge in [0.2, 0.25) is 0 Å². The first-order valence-electron chi connectivity index (χ1n) is 5.90. The van der Waals surface area contributed by atoms with Gasteiger partial charge in [0, 0.05) is 17.6 Å². The molecule has 3 rings (SSSR count). The van der Waals surface area contributed by atoms with Crippen molar-refractivity contribution in [3.63, 3.8) is 0 Å². The highest BCUT2D eigenvalue weighted by Gasteiger charge is 2.05. The Bertz CT molecular complexity index is 735. The number of pyridine rings is 1. The fourth-order valence-electron chi connectivity index (χ4n) is 1.90. The van der Waals surface area contributed by atoms with Gasteiger partial charge in [-0.25, -0.2) is 0 Å². The zero-order valence-corrected chi connectivity index (χ0v) is 10.2. The monoisotopic (exact) mass is 251 g/mol. The van der Waals surface area contributed by atoms with Crippen LogP contribution in [0.25, 0.3) is 10.9 Å². The molecule has 0 bridgehead atoms. The molecule has 0 saturated heterocycles. The molecule has 3 aromatic rings. The molecule has 4 N–H and O–H groups in total. The standard InChI is InChI=1S/C15H13N3O/c16-12-7-6-11(9-13(12)17)19-14-5-1-3-10-4-2-8-18-15(10)14/h1-9H,16-17H2. The number of aromatic nitrogens is 1. The summed E-state index contributed by atoms with van der Waals surface area (Å²) in [5.74, 6) is 1.34. The van der Waals surface area contributed by atoms with Crippen molar-refractivity contribution in [2.24, 2.45) is 0 Å². The summed E-state index contributed by atoms with van der Waals surface area (Å²) in [7, 11) is 0. The smallest absolute Gasteiger partial charge is 0.153 e. The van der Waals surface area contributed by atoms with E-state index in [0.29, 0.717) is 22.9 Å². The normalized spacial score (nSPS) is 10.5. The van der Waals surface area contributed by atoms with Crippen molar-refractivity contribution in [1.29, 1.82) is 0 Å². The third-order valence-corrected chi connectivity index (χ3v) is 2.88. The number of nitrogen functional groups attached to an aromatic ring is 2. The topological polar surface area (TPSA) is 74.2 Å². The fourth-order valence-corrected chi connectivity index (χ4v) is 1.90. The number of fused-ring (bicyclic) bond motifs is 1. The van der Waals surface area contributed by atoms with Gasteiger partial charge >= 0.3 is 0 Å². The molecule has 0 fully saturated rings. The molecular weight excluding hydrogens is 238 g/mol. The number of ether oxygens (including phenoxy) is 1. The molecule has 0 amide bonds. The van der Waals surface area contributed by atoms with Crippen molar-refractivity contribution in [3.8, 4) is 11.5 Å². The minimum atomic E-state index is 0.505. The van der Waals surface area contributed by atoms with Gasteiger partial charge in [-0.15, -0.1) is 0 Å². The molecule has 0 radical (unpaired) electrons. The first-order valence-corrected chi connectivity index (χ1v) is 5.90. The van der Waals surface area contributed by atoms with Gasteiger partial charge in [0.25, 0.3) is 0 Å². The molecule has 0 aliphatic rings. The Morgan fingerprint density at radius 3 is 2.58 bits per heavy atom. The second-order valence-electron chi connectivity index (χ2n) is 4.22. The van der Waals surface area contributed by atoms with Gasteiger partial charge in [-0.2, -0.15) is 0 Å². The van der Waals surface area contributed by atoms with E-state index < -0.39 is 0 Å². The summed E-state index contributed by atoms with van der Waals surface area (Å²) in [5.41, 5.74) is 13.3. The van der Waals surface area contributed by atoms with Crippen LogP contribution < -0.4 is 16.2 Å². The Labute approximate surface area is 110 Å². The van der Waals surface area contributed by atoms with E-state index in [9.17, 15) is 0 Å². The Balaban J connectivity index is 2.03. The first kappa shape index (κ1) is 11.3. The summed E-state index contributed by atoms with van der Waals surface area (Å²) in [4.78, 5) is 4.34. The van der Waals surface area contributed by atoms with Gasteiger partial charge in [0.1, 0.15) is 11.3 Å². The van der Waals surface area contributed by atoms with Crippen molar-refractivity contribution >= 4 is 22.3 Å². The molecule has 2 aromatic carbocycles. The Morgan fingerprint density at radius 2 is 1.74 bits per heavy atom. The van der Waals surface area contributed by atoms with Crippen molar-refractivity contribution in [2.45, 2.75) is 0 Å². The number of nitrogens with zero attached hydrogens (tertiary/aromatic N) is 1. The van der Waals surface area contributed by atoms with E-state index in [4.69, 9.17) is 16.2 Å². The van der Waals surface area contributed by atoms with E-state index in [1.165, 1.54) is 0 Å². The summed E-state index contributed by atoms with van der Waals surface area (Å²) in [6.07, 6.45) is 1.74. The molecule has 4 nitrogen and oxygen atoms in total. The second-order valence-corrected chi connectivity index (χ2v) is 4.22. The van der Waals surface area contributed by atoms with Gasteiger partial charge in [0.05, 0.1) is 11.4 Å². The molecular formula is C15H13N3O. The van der Waals surface area contributed by atoms with E-state index in [0.717, 1.165) is 10.9 Å². The van der Waals surface area contributed by atoms with Crippen LogP contribution in [-0.2, 0) is 0 Å². The number of hydrogen-bond donors (Lipinski definition) is 2. The SMILES string of the molecule is Nc1ccc(Oc2cccc3cccnc23)cc1N. The highest BCUT2D eigenvalue weighted by atomic mass is 16.5. The minimum absolute atomic E-state index is 0.505. The lowest BCUT2D eigenvalue weighted by molar-refractivity contribution is 0.487. The van der Waals surface area contributed by atoms with Gasteiger partial charge in [0.15, 0.2) is 5.75 Å². The maximum Gasteiger partial charge on any atom is 0.153 e. The third kappa shape index (κ3) is 2.15. The summed E-state index contributed by atoms with van der Waals surface area (Å²) in [6, 6.07) is 14.9. The molecule has 1 aromatic heterocycles. The van der Waals surface area contributed by atoms with Gasteiger partial charge < -0.3 is 16.2 Å². The van der Waals surface area contributed by atoms with Crippen LogP contribution in [0.3, 0.4) is 0 Å². The van der Waals surface area contributed by atoms with Crippen LogP contribution in [0.2, 0.25) is 0 Å². The highest BCUT2D eigenvalue weighted by Crippen LogP contribution is 2.30. The van der Waals surface area contributed by atoms with Gasteiger partial charge in [-0.3, -0.25) is 4.98 Å². The number of hydrogen-bond acceptors (Lipinski definition) is 4. The summed E-state index contributed by atoms with van der Waals surface area (Å²) in [6.45, 7) is 0. The number of anilines is 2. The molecule has 0 atom stereocenters. The molecule has 4 heteroatoms. The van der Waals surface area contributed by atoms with Crippen LogP contribution in [0, 0.1) is 0 Å². The number of rotatable bonds is 2. The Kier molecular flexibility index (Phi) is 2.68. The van der Waals surface area contributed by atoms with E-state index >= 15 is 0 Å². The zero-order valence-electron chi connectivity index (χ0n) is 10.2. The lowest BCUT2D eigenvalue weighted by Crippen LogP contribution is -1.95. The van der Waals surface area contributed by atoms with Crippen LogP contribution in [0.15, 0.2) is 54.7 Å². The predicted molar refractivity (Wildman–Crippen MR) is 77.1 cm³/mol. The van der Waals surface area contributed by atoms with Gasteiger partial charge in [-0.1, -0.05) is 18.2 Å². The Hall–Kier alpha value is -2.75. The average Bonchev–Trinajstić information content (AvgIpc) is 2.43. The average molecular weight is 251 g/mol. The molecule has 0 unspecified atom stereocenters. The van der Waals surface area contributed by atoms with E-state index in [1.807, 2.05) is 30.3 Å². The summed E-state index contributed by atoms with van der Waals surface area (Å²) >= 11 is 0. The van der Waals surface area contributed by atoms with E-state index in [2.05, 4.69) is 4.98 Å². The van der Waals surface area contributed by atoms with Crippen molar-refractivity contribution in [1.82, 2.24) is 4.98 Å². The fraction of sp³-hybridized carbons (Fsp3) is 0. The molecule has 94 valence electrons. The Morgan fingerprint density at radius 1 is 0.895 bits per heavy atom. The van der Waals surface area contributed by atoms with Crippen molar-refractivity contribution < 1.29 is 4.74 Å². The highest BCUT2D eigenvalue weighted by molar-refractivity contribution is 5.84. The van der Waals surface area contributed by atoms with E-state index in [1.54, 1.807) is 24.4 Å². The summed E-state index contributed by atoms with van der Waals surface area (Å²) < 4.78 is 5.83. The largest absolute Gasteiger partial charge is 0.455 e. The van der Waals surface area contributed by atoms with Crippen molar-refractivity contribution in [2.75, 3.05) is 11.5 Å². The third-order valence-electron chi connectivity index (χ3n) is 2.88. The summed E-state index contributed by atoms with van der Waals surface area (Å²) in [5, 5.41) is 1.03. The number of nitrogens with two attached hydrogens (primary N) is 2. The molecule has 0 aliphatic heterocycles. The van der Waals surface area contributed by atoms with Crippen LogP contribution in [-0.4, -0.2) is 4.98 Å². The predicted octanol–water partition coefficient (Wildman–Crippen LogP) is 3.19. The maximum absolute atomic E-state index is 5.83. The van der Waals surface area contributed by atoms with Crippen LogP contribution in [0.5, 0.6) is 11.5 Å². The van der Waals surface area contributed by atoms with Gasteiger partial charge in [-0.05, 0) is 24.3 Å². The number of benzene rings is 2. The maximum atomic E-state index is 5.83. The van der Waals surface area contributed by atoms with Crippen molar-refractivity contribution in [3.05, 3.63) is 54.7 Å². The lowest BCUT2D eigenvalue weighted by Gasteiger charge is -2.09. The molecule has 0 spiro atoms. The molecule has 0 saturated carbocycles.